The molecular formula is C13H17N3S. The number of nitrogens with one attached hydrogen (secondary N) is 1. The summed E-state index contributed by atoms with van der Waals surface area (Å²) in [5, 5.41) is 6.39. The molecule has 0 fully saturated rings. The van der Waals surface area contributed by atoms with Crippen LogP contribution in [0.3, 0.4) is 0 Å². The first-order chi connectivity index (χ1) is 8.13. The summed E-state index contributed by atoms with van der Waals surface area (Å²) in [4.78, 5) is 8.83. The summed E-state index contributed by atoms with van der Waals surface area (Å²) in [6.07, 6.45) is 3.64. The van der Waals surface area contributed by atoms with Gasteiger partial charge in [-0.2, -0.15) is 0 Å². The van der Waals surface area contributed by atoms with Crippen LogP contribution in [-0.4, -0.2) is 23.6 Å². The Morgan fingerprint density at radius 2 is 2.24 bits per heavy atom. The Bertz CT molecular complexity index is 476. The van der Waals surface area contributed by atoms with Gasteiger partial charge in [0.2, 0.25) is 0 Å². The van der Waals surface area contributed by atoms with Crippen LogP contribution in [0.4, 0.5) is 0 Å². The minimum Gasteiger partial charge on any atom is -0.319 e. The first kappa shape index (κ1) is 12.2. The van der Waals surface area contributed by atoms with Crippen molar-refractivity contribution in [3.8, 4) is 10.6 Å². The van der Waals surface area contributed by atoms with E-state index in [2.05, 4.69) is 29.5 Å². The molecule has 2 aromatic heterocycles. The maximum atomic E-state index is 4.71. The fourth-order valence-electron chi connectivity index (χ4n) is 1.74. The average molecular weight is 247 g/mol. The fraction of sp³-hybridized carbons (Fsp3) is 0.385. The third-order valence-electron chi connectivity index (χ3n) is 2.72. The maximum Gasteiger partial charge on any atom is 0.125 e. The number of pyridine rings is 1. The van der Waals surface area contributed by atoms with Crippen molar-refractivity contribution in [3.63, 3.8) is 0 Å². The fourth-order valence-corrected chi connectivity index (χ4v) is 2.74. The molecule has 0 aliphatic heterocycles. The summed E-state index contributed by atoms with van der Waals surface area (Å²) in [7, 11) is 1.97. The van der Waals surface area contributed by atoms with Gasteiger partial charge in [-0.3, -0.25) is 4.98 Å². The van der Waals surface area contributed by atoms with E-state index in [1.165, 1.54) is 0 Å². The molecule has 4 heteroatoms. The van der Waals surface area contributed by atoms with Crippen LogP contribution in [0, 0.1) is 0 Å². The summed E-state index contributed by atoms with van der Waals surface area (Å²) in [6, 6.07) is 3.98. The van der Waals surface area contributed by atoms with E-state index in [1.54, 1.807) is 17.5 Å². The lowest BCUT2D eigenvalue weighted by molar-refractivity contribution is 0.483. The molecule has 0 aliphatic carbocycles. The lowest BCUT2D eigenvalue weighted by atomic mass is 9.90. The van der Waals surface area contributed by atoms with Crippen molar-refractivity contribution in [2.75, 3.05) is 13.6 Å². The van der Waals surface area contributed by atoms with Crippen molar-refractivity contribution >= 4 is 11.3 Å². The van der Waals surface area contributed by atoms with Gasteiger partial charge >= 0.3 is 0 Å². The van der Waals surface area contributed by atoms with Crippen LogP contribution in [0.2, 0.25) is 0 Å². The monoisotopic (exact) mass is 247 g/mol. The number of hydrogen-bond acceptors (Lipinski definition) is 4. The molecule has 1 N–H and O–H groups in total. The molecule has 0 radical (unpaired) electrons. The number of hydrogen-bond donors (Lipinski definition) is 1. The van der Waals surface area contributed by atoms with Crippen molar-refractivity contribution in [1.82, 2.24) is 15.3 Å². The number of nitrogens with zero attached hydrogens (tertiary/aromatic N) is 2. The highest BCUT2D eigenvalue weighted by molar-refractivity contribution is 7.13. The summed E-state index contributed by atoms with van der Waals surface area (Å²) in [6.45, 7) is 5.32. The van der Waals surface area contributed by atoms with Gasteiger partial charge in [0.25, 0.3) is 0 Å². The van der Waals surface area contributed by atoms with Crippen molar-refractivity contribution in [2.45, 2.75) is 19.3 Å². The second-order valence-electron chi connectivity index (χ2n) is 4.69. The van der Waals surface area contributed by atoms with Gasteiger partial charge in [-0.15, -0.1) is 11.3 Å². The molecule has 0 saturated heterocycles. The average Bonchev–Trinajstić information content (AvgIpc) is 2.80. The summed E-state index contributed by atoms with van der Waals surface area (Å²) in [5.74, 6) is 0. The van der Waals surface area contributed by atoms with Crippen molar-refractivity contribution in [1.29, 1.82) is 0 Å². The van der Waals surface area contributed by atoms with Gasteiger partial charge in [0.15, 0.2) is 0 Å². The SMILES string of the molecule is CNCC(C)(C)c1csc(-c2cccnc2)n1. The Kier molecular flexibility index (Phi) is 3.54. The molecule has 0 atom stereocenters. The molecule has 0 aromatic carbocycles. The molecule has 90 valence electrons. The van der Waals surface area contributed by atoms with E-state index in [4.69, 9.17) is 4.98 Å². The summed E-state index contributed by atoms with van der Waals surface area (Å²) < 4.78 is 0. The van der Waals surface area contributed by atoms with Crippen LogP contribution in [0.1, 0.15) is 19.5 Å². The predicted molar refractivity (Wildman–Crippen MR) is 72.3 cm³/mol. The largest absolute Gasteiger partial charge is 0.319 e. The molecule has 2 rings (SSSR count). The zero-order valence-electron chi connectivity index (χ0n) is 10.4. The van der Waals surface area contributed by atoms with Crippen LogP contribution < -0.4 is 5.32 Å². The molecule has 2 aromatic rings. The number of likely N-dealkylation sites (N-methyl/N-ethyl adjacent to an activating group) is 1. The Morgan fingerprint density at radius 1 is 1.41 bits per heavy atom. The van der Waals surface area contributed by atoms with Crippen molar-refractivity contribution in [2.24, 2.45) is 0 Å². The van der Waals surface area contributed by atoms with E-state index in [0.29, 0.717) is 0 Å². The molecule has 17 heavy (non-hydrogen) atoms. The third-order valence-corrected chi connectivity index (χ3v) is 3.62. The van der Waals surface area contributed by atoms with E-state index in [9.17, 15) is 0 Å². The van der Waals surface area contributed by atoms with Crippen molar-refractivity contribution in [3.05, 3.63) is 35.6 Å². The topological polar surface area (TPSA) is 37.8 Å². The highest BCUT2D eigenvalue weighted by Gasteiger charge is 2.23. The van der Waals surface area contributed by atoms with Gasteiger partial charge in [0, 0.05) is 35.3 Å². The van der Waals surface area contributed by atoms with Crippen molar-refractivity contribution < 1.29 is 0 Å². The molecular weight excluding hydrogens is 230 g/mol. The predicted octanol–water partition coefficient (Wildman–Crippen LogP) is 2.70. The van der Waals surface area contributed by atoms with E-state index in [-0.39, 0.29) is 5.41 Å². The zero-order chi connectivity index (χ0) is 12.3. The number of rotatable bonds is 4. The van der Waals surface area contributed by atoms with Gasteiger partial charge < -0.3 is 5.32 Å². The van der Waals surface area contributed by atoms with Gasteiger partial charge in [0.1, 0.15) is 5.01 Å². The lowest BCUT2D eigenvalue weighted by Crippen LogP contribution is -2.30. The molecule has 2 heterocycles. The van der Waals surface area contributed by atoms with E-state index in [0.717, 1.165) is 22.8 Å². The lowest BCUT2D eigenvalue weighted by Gasteiger charge is -2.21. The van der Waals surface area contributed by atoms with Crippen LogP contribution in [0.25, 0.3) is 10.6 Å². The number of thiazole rings is 1. The van der Waals surface area contributed by atoms with Gasteiger partial charge in [-0.1, -0.05) is 13.8 Å². The minimum atomic E-state index is 0.0612. The minimum absolute atomic E-state index is 0.0612. The molecule has 3 nitrogen and oxygen atoms in total. The third kappa shape index (κ3) is 2.70. The molecule has 0 spiro atoms. The van der Waals surface area contributed by atoms with E-state index < -0.39 is 0 Å². The van der Waals surface area contributed by atoms with Crippen LogP contribution in [-0.2, 0) is 5.41 Å². The Balaban J connectivity index is 2.28. The van der Waals surface area contributed by atoms with Crippen LogP contribution in [0.15, 0.2) is 29.9 Å². The normalized spacial score (nSPS) is 11.7. The van der Waals surface area contributed by atoms with E-state index >= 15 is 0 Å². The molecule has 0 unspecified atom stereocenters. The van der Waals surface area contributed by atoms with Gasteiger partial charge in [0.05, 0.1) is 5.69 Å². The second-order valence-corrected chi connectivity index (χ2v) is 5.55. The first-order valence-corrected chi connectivity index (χ1v) is 6.52. The standard InChI is InChI=1S/C13H17N3S/c1-13(2,9-14-3)11-8-17-12(16-11)10-5-4-6-15-7-10/h4-8,14H,9H2,1-3H3. The zero-order valence-corrected chi connectivity index (χ0v) is 11.2. The van der Waals surface area contributed by atoms with Crippen LogP contribution in [0.5, 0.6) is 0 Å². The molecule has 0 saturated carbocycles. The second kappa shape index (κ2) is 4.94. The molecule has 0 amide bonds. The highest BCUT2D eigenvalue weighted by atomic mass is 32.1. The number of aromatic nitrogens is 2. The Hall–Kier alpha value is -1.26. The summed E-state index contributed by atoms with van der Waals surface area (Å²) in [5.41, 5.74) is 2.28. The van der Waals surface area contributed by atoms with Gasteiger partial charge in [-0.05, 0) is 19.2 Å². The van der Waals surface area contributed by atoms with E-state index in [1.807, 2.05) is 25.4 Å². The molecule has 0 bridgehead atoms. The summed E-state index contributed by atoms with van der Waals surface area (Å²) >= 11 is 1.68. The smallest absolute Gasteiger partial charge is 0.125 e. The first-order valence-electron chi connectivity index (χ1n) is 5.64. The van der Waals surface area contributed by atoms with Crippen LogP contribution >= 0.6 is 11.3 Å². The quantitative estimate of drug-likeness (QED) is 0.902. The van der Waals surface area contributed by atoms with Gasteiger partial charge in [-0.25, -0.2) is 4.98 Å². The maximum absolute atomic E-state index is 4.71. The Morgan fingerprint density at radius 3 is 2.88 bits per heavy atom. The molecule has 0 aliphatic rings. The Labute approximate surface area is 106 Å². The highest BCUT2D eigenvalue weighted by Crippen LogP contribution is 2.29.